The molecule has 0 bridgehead atoms. The van der Waals surface area contributed by atoms with Crippen LogP contribution in [0.1, 0.15) is 18.5 Å². The lowest BCUT2D eigenvalue weighted by Crippen LogP contribution is -2.28. The predicted octanol–water partition coefficient (Wildman–Crippen LogP) is 5.03. The number of hydrogen-bond acceptors (Lipinski definition) is 6. The maximum absolute atomic E-state index is 13.0. The van der Waals surface area contributed by atoms with Gasteiger partial charge in [-0.3, -0.25) is 13.7 Å². The molecule has 3 aromatic rings. The van der Waals surface area contributed by atoms with Crippen LogP contribution in [0.15, 0.2) is 72.2 Å². The van der Waals surface area contributed by atoms with Gasteiger partial charge in [-0.05, 0) is 49.2 Å². The summed E-state index contributed by atoms with van der Waals surface area (Å²) >= 11 is 0. The van der Waals surface area contributed by atoms with E-state index in [4.69, 9.17) is 8.92 Å². The number of carbonyl (C=O) groups is 1. The topological polar surface area (TPSA) is 99.5 Å². The zero-order valence-corrected chi connectivity index (χ0v) is 19.2. The van der Waals surface area contributed by atoms with Crippen molar-refractivity contribution in [3.8, 4) is 11.5 Å². The first kappa shape index (κ1) is 24.5. The molecule has 12 heteroatoms. The molecule has 0 saturated heterocycles. The summed E-state index contributed by atoms with van der Waals surface area (Å²) in [5.41, 5.74) is 0.313. The van der Waals surface area contributed by atoms with Gasteiger partial charge in [0.15, 0.2) is 0 Å². The van der Waals surface area contributed by atoms with Crippen LogP contribution in [-0.4, -0.2) is 36.4 Å². The maximum atomic E-state index is 13.0. The number of carbonyl (C=O) groups excluding carboxylic acids is 1. The number of amides is 1. The molecule has 0 fully saturated rings. The fourth-order valence-corrected chi connectivity index (χ4v) is 3.79. The van der Waals surface area contributed by atoms with Gasteiger partial charge < -0.3 is 10.1 Å². The van der Waals surface area contributed by atoms with E-state index < -0.39 is 27.9 Å². The molecule has 8 nitrogen and oxygen atoms in total. The number of alkyl halides is 3. The average molecular weight is 507 g/mol. The largest absolute Gasteiger partial charge is 0.457 e. The summed E-state index contributed by atoms with van der Waals surface area (Å²) in [6.45, 7) is -0.232. The Kier molecular flexibility index (Phi) is 6.68. The Morgan fingerprint density at radius 2 is 1.94 bits per heavy atom. The molecule has 0 aliphatic heterocycles. The second-order valence-corrected chi connectivity index (χ2v) is 9.40. The highest BCUT2D eigenvalue weighted by atomic mass is 32.2. The van der Waals surface area contributed by atoms with Crippen LogP contribution in [0.4, 0.5) is 18.0 Å². The molecule has 2 aromatic heterocycles. The number of fused-ring (bicyclic) bond motifs is 1. The molecule has 1 aliphatic rings. The molecule has 0 atom stereocenters. The van der Waals surface area contributed by atoms with Gasteiger partial charge in [0.2, 0.25) is 0 Å². The number of ether oxygens (including phenoxy) is 1. The second-order valence-electron chi connectivity index (χ2n) is 7.75. The van der Waals surface area contributed by atoms with Crippen molar-refractivity contribution in [2.45, 2.75) is 25.6 Å². The third-order valence-electron chi connectivity index (χ3n) is 5.03. The van der Waals surface area contributed by atoms with Gasteiger partial charge in [0.1, 0.15) is 18.1 Å². The molecule has 1 amide bonds. The number of hydrogen-bond donors (Lipinski definition) is 1. The van der Waals surface area contributed by atoms with Gasteiger partial charge in [-0.25, -0.2) is 4.79 Å². The first-order valence-corrected chi connectivity index (χ1v) is 12.2. The molecule has 0 saturated carbocycles. The molecule has 1 N–H and O–H groups in total. The quantitative estimate of drug-likeness (QED) is 0.470. The zero-order valence-electron chi connectivity index (χ0n) is 18.4. The SMILES string of the molecule is CS(=O)(=O)OCc1cc(Oc2ccc3c(ccn3C(=O)NC3=CC(C(F)(F)F)=CCC3)c2)ccn1. The number of nitrogens with zero attached hydrogens (tertiary/aromatic N) is 2. The minimum Gasteiger partial charge on any atom is -0.457 e. The Morgan fingerprint density at radius 3 is 2.69 bits per heavy atom. The van der Waals surface area contributed by atoms with E-state index in [0.29, 0.717) is 34.5 Å². The van der Waals surface area contributed by atoms with Gasteiger partial charge in [-0.2, -0.15) is 21.6 Å². The molecular weight excluding hydrogens is 487 g/mol. The summed E-state index contributed by atoms with van der Waals surface area (Å²) in [4.78, 5) is 16.7. The van der Waals surface area contributed by atoms with Crippen LogP contribution in [0.5, 0.6) is 11.5 Å². The predicted molar refractivity (Wildman–Crippen MR) is 121 cm³/mol. The fraction of sp³-hybridized carbons (Fsp3) is 0.217. The van der Waals surface area contributed by atoms with Crippen molar-refractivity contribution in [3.05, 3.63) is 77.9 Å². The van der Waals surface area contributed by atoms with E-state index in [1.165, 1.54) is 23.0 Å². The highest BCUT2D eigenvalue weighted by Gasteiger charge is 2.33. The Labute approximate surface area is 198 Å². The number of benzene rings is 1. The lowest BCUT2D eigenvalue weighted by molar-refractivity contribution is -0.0887. The number of aromatic nitrogens is 2. The molecule has 0 radical (unpaired) electrons. The minimum atomic E-state index is -4.47. The normalized spacial score (nSPS) is 14.4. The molecule has 4 rings (SSSR count). The maximum Gasteiger partial charge on any atom is 0.416 e. The number of halogens is 3. The summed E-state index contributed by atoms with van der Waals surface area (Å²) in [5, 5.41) is 3.22. The molecule has 1 aliphatic carbocycles. The average Bonchev–Trinajstić information content (AvgIpc) is 3.21. The number of nitrogens with one attached hydrogen (secondary N) is 1. The van der Waals surface area contributed by atoms with E-state index in [1.807, 2.05) is 0 Å². The number of allylic oxidation sites excluding steroid dienone is 4. The summed E-state index contributed by atoms with van der Waals surface area (Å²) in [7, 11) is -3.61. The molecule has 35 heavy (non-hydrogen) atoms. The Balaban J connectivity index is 1.48. The van der Waals surface area contributed by atoms with Crippen molar-refractivity contribution in [1.82, 2.24) is 14.9 Å². The zero-order chi connectivity index (χ0) is 25.2. The number of rotatable bonds is 6. The first-order chi connectivity index (χ1) is 16.5. The lowest BCUT2D eigenvalue weighted by atomic mass is 10.0. The van der Waals surface area contributed by atoms with Gasteiger partial charge in [0.05, 0.1) is 23.0 Å². The van der Waals surface area contributed by atoms with E-state index >= 15 is 0 Å². The summed E-state index contributed by atoms with van der Waals surface area (Å²) in [5.74, 6) is 0.855. The summed E-state index contributed by atoms with van der Waals surface area (Å²) in [6, 6.07) is 9.20. The monoisotopic (exact) mass is 507 g/mol. The Hall–Kier alpha value is -3.64. The lowest BCUT2D eigenvalue weighted by Gasteiger charge is -2.17. The van der Waals surface area contributed by atoms with E-state index in [9.17, 15) is 26.4 Å². The Morgan fingerprint density at radius 1 is 1.17 bits per heavy atom. The third kappa shape index (κ3) is 6.28. The van der Waals surface area contributed by atoms with Crippen LogP contribution in [-0.2, 0) is 20.9 Å². The highest BCUT2D eigenvalue weighted by molar-refractivity contribution is 7.85. The van der Waals surface area contributed by atoms with Gasteiger partial charge in [0, 0.05) is 29.5 Å². The van der Waals surface area contributed by atoms with Crippen molar-refractivity contribution < 1.29 is 35.3 Å². The van der Waals surface area contributed by atoms with E-state index in [0.717, 1.165) is 18.4 Å². The van der Waals surface area contributed by atoms with Crippen LogP contribution >= 0.6 is 0 Å². The highest BCUT2D eigenvalue weighted by Crippen LogP contribution is 2.31. The van der Waals surface area contributed by atoms with Crippen molar-refractivity contribution in [2.24, 2.45) is 0 Å². The molecule has 0 unspecified atom stereocenters. The van der Waals surface area contributed by atoms with E-state index in [2.05, 4.69) is 10.3 Å². The van der Waals surface area contributed by atoms with Crippen LogP contribution < -0.4 is 10.1 Å². The van der Waals surface area contributed by atoms with E-state index in [-0.39, 0.29) is 18.7 Å². The second kappa shape index (κ2) is 9.55. The van der Waals surface area contributed by atoms with Crippen molar-refractivity contribution in [1.29, 1.82) is 0 Å². The summed E-state index contributed by atoms with van der Waals surface area (Å²) < 4.78 is 73.0. The van der Waals surface area contributed by atoms with Crippen LogP contribution in [0.25, 0.3) is 10.9 Å². The van der Waals surface area contributed by atoms with E-state index in [1.54, 1.807) is 30.3 Å². The Bertz CT molecular complexity index is 1440. The number of pyridine rings is 1. The van der Waals surface area contributed by atoms with Gasteiger partial charge in [0.25, 0.3) is 10.1 Å². The van der Waals surface area contributed by atoms with Crippen molar-refractivity contribution >= 4 is 27.1 Å². The van der Waals surface area contributed by atoms with Gasteiger partial charge >= 0.3 is 12.2 Å². The van der Waals surface area contributed by atoms with Crippen molar-refractivity contribution in [2.75, 3.05) is 6.26 Å². The molecule has 1 aromatic carbocycles. The standard InChI is InChI=1S/C23H20F3N3O5S/c1-35(31,32)33-14-18-13-20(7-9-27-18)34-19-5-6-21-15(11-19)8-10-29(21)22(30)28-17-4-2-3-16(12-17)23(24,25)26/h3,5-13H,2,4,14H2,1H3,(H,28,30). The molecule has 2 heterocycles. The van der Waals surface area contributed by atoms with Crippen LogP contribution in [0.2, 0.25) is 0 Å². The molecule has 184 valence electrons. The van der Waals surface area contributed by atoms with Crippen molar-refractivity contribution in [3.63, 3.8) is 0 Å². The van der Waals surface area contributed by atoms with Crippen LogP contribution in [0.3, 0.4) is 0 Å². The third-order valence-corrected chi connectivity index (χ3v) is 5.57. The fourth-order valence-electron chi connectivity index (χ4n) is 3.46. The van der Waals surface area contributed by atoms with Crippen LogP contribution in [0, 0.1) is 0 Å². The van der Waals surface area contributed by atoms with Gasteiger partial charge in [-0.1, -0.05) is 6.08 Å². The molecular formula is C23H20F3N3O5S. The first-order valence-electron chi connectivity index (χ1n) is 10.4. The smallest absolute Gasteiger partial charge is 0.416 e. The molecule has 0 spiro atoms. The minimum absolute atomic E-state index is 0.186. The summed E-state index contributed by atoms with van der Waals surface area (Å²) in [6.07, 6.45) is 1.98. The van der Waals surface area contributed by atoms with Gasteiger partial charge in [-0.15, -0.1) is 0 Å².